The van der Waals surface area contributed by atoms with Gasteiger partial charge in [-0.05, 0) is 19.1 Å². The van der Waals surface area contributed by atoms with E-state index >= 15 is 0 Å². The van der Waals surface area contributed by atoms with E-state index < -0.39 is 10.8 Å². The Bertz CT molecular complexity index is 1720. The Morgan fingerprint density at radius 3 is 2.53 bits per heavy atom. The fourth-order valence-corrected chi connectivity index (χ4v) is 5.20. The SMILES string of the molecule is [B]C([B])([B])N(CCn1cc(-c2cc3nc(-n4ccc(-c5cccc(C)c5)n4)cc(N4CCOCC4)c3o2)cn1)C([B])([B])O. The molecular formula is C28H26B5N7O3. The quantitative estimate of drug-likeness (QED) is 0.210. The molecule has 5 aromatic rings. The Labute approximate surface area is 256 Å². The van der Waals surface area contributed by atoms with Crippen molar-refractivity contribution in [3.05, 3.63) is 66.6 Å². The van der Waals surface area contributed by atoms with Crippen LogP contribution in [0, 0.1) is 6.92 Å². The summed E-state index contributed by atoms with van der Waals surface area (Å²) in [7, 11) is 28.4. The minimum Gasteiger partial charge on any atom is -0.452 e. The van der Waals surface area contributed by atoms with Crippen LogP contribution in [0.3, 0.4) is 0 Å². The molecule has 10 nitrogen and oxygen atoms in total. The number of benzene rings is 1. The van der Waals surface area contributed by atoms with Crippen LogP contribution in [-0.4, -0.2) is 117 Å². The predicted molar refractivity (Wildman–Crippen MR) is 169 cm³/mol. The number of fused-ring (bicyclic) bond motifs is 1. The maximum absolute atomic E-state index is 10.0. The number of pyridine rings is 1. The summed E-state index contributed by atoms with van der Waals surface area (Å²) < 4.78 is 15.4. The van der Waals surface area contributed by atoms with Crippen LogP contribution < -0.4 is 4.90 Å². The molecule has 5 heterocycles. The number of hydrogen-bond acceptors (Lipinski definition) is 8. The van der Waals surface area contributed by atoms with Gasteiger partial charge in [-0.1, -0.05) is 29.0 Å². The summed E-state index contributed by atoms with van der Waals surface area (Å²) in [6.07, 6.45) is 5.35. The van der Waals surface area contributed by atoms with Crippen molar-refractivity contribution >= 4 is 56.0 Å². The molecule has 1 N–H and O–H groups in total. The Kier molecular flexibility index (Phi) is 7.83. The van der Waals surface area contributed by atoms with Gasteiger partial charge in [-0.15, -0.1) is 0 Å². The van der Waals surface area contributed by atoms with E-state index in [1.54, 1.807) is 21.8 Å². The number of hydrogen-bond donors (Lipinski definition) is 1. The van der Waals surface area contributed by atoms with Crippen molar-refractivity contribution in [1.82, 2.24) is 29.4 Å². The van der Waals surface area contributed by atoms with Crippen molar-refractivity contribution < 1.29 is 14.3 Å². The first-order valence-electron chi connectivity index (χ1n) is 13.8. The standard InChI is InChI=1S/C28H26B5N7O3/c1-18-3-2-4-19(13-18)21-5-6-39(36-21)25-15-23(37-9-11-42-12-10-37)26-22(35-25)14-24(43-26)20-16-34-38(17-20)7-8-40(27(29,30)31)28(32,33)41/h2-6,13-17,41H,7-12H2,1H3. The van der Waals surface area contributed by atoms with E-state index in [4.69, 9.17) is 58.5 Å². The maximum Gasteiger partial charge on any atom is 0.176 e. The summed E-state index contributed by atoms with van der Waals surface area (Å²) in [6.45, 7) is 4.98. The summed E-state index contributed by atoms with van der Waals surface area (Å²) in [4.78, 5) is 8.10. The molecule has 0 amide bonds. The zero-order valence-electron chi connectivity index (χ0n) is 23.8. The summed E-state index contributed by atoms with van der Waals surface area (Å²) >= 11 is 0. The average molecular weight is 563 g/mol. The minimum atomic E-state index is -2.32. The Morgan fingerprint density at radius 2 is 1.81 bits per heavy atom. The van der Waals surface area contributed by atoms with E-state index in [0.717, 1.165) is 40.5 Å². The van der Waals surface area contributed by atoms with Crippen LogP contribution in [0.1, 0.15) is 5.56 Å². The van der Waals surface area contributed by atoms with Crippen LogP contribution in [-0.2, 0) is 11.3 Å². The summed E-state index contributed by atoms with van der Waals surface area (Å²) in [5, 5.41) is 17.3. The molecule has 15 heteroatoms. The topological polar surface area (TPSA) is 97.6 Å². The molecule has 0 spiro atoms. The molecule has 43 heavy (non-hydrogen) atoms. The van der Waals surface area contributed by atoms with Gasteiger partial charge in [0.2, 0.25) is 0 Å². The molecule has 1 fully saturated rings. The molecule has 10 radical (unpaired) electrons. The number of aryl methyl sites for hydroxylation is 1. The number of aromatic nitrogens is 5. The molecule has 0 atom stereocenters. The van der Waals surface area contributed by atoms with Crippen LogP contribution >= 0.6 is 0 Å². The lowest BCUT2D eigenvalue weighted by Crippen LogP contribution is -2.63. The lowest BCUT2D eigenvalue weighted by atomic mass is 9.46. The van der Waals surface area contributed by atoms with Gasteiger partial charge in [0.1, 0.15) is 27.0 Å². The molecule has 6 rings (SSSR count). The molecule has 1 aliphatic heterocycles. The predicted octanol–water partition coefficient (Wildman–Crippen LogP) is 1.05. The first-order chi connectivity index (χ1) is 20.5. The lowest BCUT2D eigenvalue weighted by molar-refractivity contribution is 0.0244. The fraction of sp³-hybridized carbons (Fsp3) is 0.321. The van der Waals surface area contributed by atoms with Gasteiger partial charge in [-0.25, -0.2) is 9.67 Å². The van der Waals surface area contributed by atoms with Gasteiger partial charge < -0.3 is 24.1 Å². The van der Waals surface area contributed by atoms with Crippen molar-refractivity contribution in [3.8, 4) is 28.4 Å². The number of furan rings is 1. The summed E-state index contributed by atoms with van der Waals surface area (Å²) in [6, 6.07) is 14.1. The van der Waals surface area contributed by atoms with E-state index in [1.165, 1.54) is 5.56 Å². The number of aliphatic hydroxyl groups is 1. The number of ether oxygens (including phenoxy) is 1. The highest BCUT2D eigenvalue weighted by molar-refractivity contribution is 6.59. The molecule has 0 saturated carbocycles. The molecule has 0 aliphatic carbocycles. The molecule has 0 bridgehead atoms. The van der Waals surface area contributed by atoms with E-state index in [1.807, 2.05) is 36.5 Å². The van der Waals surface area contributed by atoms with Gasteiger partial charge in [-0.2, -0.15) is 10.2 Å². The largest absolute Gasteiger partial charge is 0.452 e. The molecule has 1 aromatic carbocycles. The Balaban J connectivity index is 1.32. The number of morpholine rings is 1. The monoisotopic (exact) mass is 563 g/mol. The van der Waals surface area contributed by atoms with Gasteiger partial charge in [-0.3, -0.25) is 4.68 Å². The third-order valence-corrected chi connectivity index (χ3v) is 7.31. The molecule has 4 aromatic heterocycles. The third-order valence-electron chi connectivity index (χ3n) is 7.31. The highest BCUT2D eigenvalue weighted by Gasteiger charge is 2.30. The second kappa shape index (κ2) is 11.4. The van der Waals surface area contributed by atoms with Crippen molar-refractivity contribution in [2.45, 2.75) is 24.2 Å². The van der Waals surface area contributed by atoms with Gasteiger partial charge in [0.15, 0.2) is 11.4 Å². The average Bonchev–Trinajstić information content (AvgIpc) is 3.71. The summed E-state index contributed by atoms with van der Waals surface area (Å²) in [5.74, 6) is 1.25. The summed E-state index contributed by atoms with van der Waals surface area (Å²) in [5.41, 5.74) is 3.70. The van der Waals surface area contributed by atoms with E-state index in [9.17, 15) is 5.11 Å². The van der Waals surface area contributed by atoms with Crippen molar-refractivity contribution in [2.75, 3.05) is 37.7 Å². The van der Waals surface area contributed by atoms with Gasteiger partial charge in [0.05, 0.1) is 66.4 Å². The highest BCUT2D eigenvalue weighted by Crippen LogP contribution is 2.35. The van der Waals surface area contributed by atoms with Crippen molar-refractivity contribution in [2.24, 2.45) is 0 Å². The number of nitrogens with zero attached hydrogens (tertiary/aromatic N) is 7. The van der Waals surface area contributed by atoms with Gasteiger partial charge in [0, 0.05) is 55.2 Å². The van der Waals surface area contributed by atoms with Crippen LogP contribution in [0.15, 0.2) is 65.5 Å². The molecule has 0 unspecified atom stereocenters. The first-order valence-corrected chi connectivity index (χ1v) is 13.8. The van der Waals surface area contributed by atoms with E-state index in [2.05, 4.69) is 29.1 Å². The Morgan fingerprint density at radius 1 is 1.02 bits per heavy atom. The smallest absolute Gasteiger partial charge is 0.176 e. The molecule has 206 valence electrons. The van der Waals surface area contributed by atoms with Crippen LogP contribution in [0.4, 0.5) is 5.69 Å². The third kappa shape index (κ3) is 6.34. The zero-order valence-corrected chi connectivity index (χ0v) is 23.8. The van der Waals surface area contributed by atoms with Gasteiger partial charge in [0.25, 0.3) is 0 Å². The number of anilines is 1. The molecule has 1 aliphatic rings. The van der Waals surface area contributed by atoms with Gasteiger partial charge >= 0.3 is 0 Å². The second-order valence-electron chi connectivity index (χ2n) is 10.8. The van der Waals surface area contributed by atoms with E-state index in [-0.39, 0.29) is 13.1 Å². The Hall–Kier alpha value is -3.67. The molecular weight excluding hydrogens is 536 g/mol. The highest BCUT2D eigenvalue weighted by atomic mass is 16.5. The fourth-order valence-electron chi connectivity index (χ4n) is 5.20. The first kappa shape index (κ1) is 29.4. The minimum absolute atomic E-state index is 0.0226. The van der Waals surface area contributed by atoms with Crippen molar-refractivity contribution in [3.63, 3.8) is 0 Å². The van der Waals surface area contributed by atoms with Crippen LogP contribution in [0.25, 0.3) is 39.5 Å². The lowest BCUT2D eigenvalue weighted by Gasteiger charge is -2.46. The second-order valence-corrected chi connectivity index (χ2v) is 10.8. The van der Waals surface area contributed by atoms with E-state index in [0.29, 0.717) is 35.9 Å². The molecule has 1 saturated heterocycles. The van der Waals surface area contributed by atoms with Crippen LogP contribution in [0.5, 0.6) is 0 Å². The normalized spacial score (nSPS) is 14.6. The maximum atomic E-state index is 10.0. The zero-order chi connectivity index (χ0) is 30.4. The van der Waals surface area contributed by atoms with Crippen LogP contribution in [0.2, 0.25) is 0 Å². The number of rotatable bonds is 9. The van der Waals surface area contributed by atoms with Crippen molar-refractivity contribution in [1.29, 1.82) is 0 Å².